The van der Waals surface area contributed by atoms with Crippen molar-refractivity contribution in [3.05, 3.63) is 35.1 Å². The minimum absolute atomic E-state index is 0.207. The lowest BCUT2D eigenvalue weighted by molar-refractivity contribution is -0.141. The molecule has 0 spiro atoms. The van der Waals surface area contributed by atoms with Crippen molar-refractivity contribution < 1.29 is 23.8 Å². The van der Waals surface area contributed by atoms with Gasteiger partial charge in [-0.3, -0.25) is 4.79 Å². The molecule has 0 atom stereocenters. The molecule has 0 aromatic heterocycles. The van der Waals surface area contributed by atoms with Crippen molar-refractivity contribution in [2.24, 2.45) is 0 Å². The first-order valence-electron chi connectivity index (χ1n) is 5.22. The maximum atomic E-state index is 13.4. The van der Waals surface area contributed by atoms with E-state index in [1.54, 1.807) is 6.92 Å². The average molecular weight is 250 g/mol. The van der Waals surface area contributed by atoms with E-state index < -0.39 is 17.8 Å². The van der Waals surface area contributed by atoms with Crippen LogP contribution in [0.4, 0.5) is 4.39 Å². The highest BCUT2D eigenvalue weighted by atomic mass is 19.1. The Bertz CT molecular complexity index is 526. The van der Waals surface area contributed by atoms with Crippen molar-refractivity contribution >= 4 is 11.9 Å². The molecule has 0 bridgehead atoms. The van der Waals surface area contributed by atoms with E-state index in [9.17, 15) is 14.0 Å². The number of ether oxygens (including phenoxy) is 1. The Balaban J connectivity index is 2.94. The van der Waals surface area contributed by atoms with Crippen molar-refractivity contribution in [2.75, 3.05) is 6.61 Å². The number of carbonyl (C=O) groups excluding carboxylic acids is 1. The lowest BCUT2D eigenvalue weighted by atomic mass is 10.1. The Kier molecular flexibility index (Phi) is 4.88. The summed E-state index contributed by atoms with van der Waals surface area (Å²) in [5, 5.41) is 8.86. The summed E-state index contributed by atoms with van der Waals surface area (Å²) in [6.07, 6.45) is -0.207. The smallest absolute Gasteiger partial charge is 0.337 e. The van der Waals surface area contributed by atoms with Gasteiger partial charge in [0.2, 0.25) is 0 Å². The third-order valence-corrected chi connectivity index (χ3v) is 2.00. The van der Waals surface area contributed by atoms with Crippen LogP contribution in [0.3, 0.4) is 0 Å². The van der Waals surface area contributed by atoms with Crippen LogP contribution in [0.15, 0.2) is 18.2 Å². The van der Waals surface area contributed by atoms with Crippen LogP contribution >= 0.6 is 0 Å². The number of halogens is 1. The second kappa shape index (κ2) is 6.40. The largest absolute Gasteiger partial charge is 0.478 e. The average Bonchev–Trinajstić information content (AvgIpc) is 2.31. The fourth-order valence-corrected chi connectivity index (χ4v) is 1.25. The van der Waals surface area contributed by atoms with Gasteiger partial charge in [-0.25, -0.2) is 9.18 Å². The van der Waals surface area contributed by atoms with Crippen LogP contribution in [0.2, 0.25) is 0 Å². The number of rotatable bonds is 3. The zero-order valence-corrected chi connectivity index (χ0v) is 9.70. The van der Waals surface area contributed by atoms with E-state index in [0.717, 1.165) is 6.07 Å². The van der Waals surface area contributed by atoms with Gasteiger partial charge < -0.3 is 9.84 Å². The van der Waals surface area contributed by atoms with Crippen molar-refractivity contribution in [1.29, 1.82) is 0 Å². The molecule has 4 nitrogen and oxygen atoms in total. The number of hydrogen-bond acceptors (Lipinski definition) is 3. The molecule has 1 rings (SSSR count). The number of aromatic carboxylic acids is 1. The molecule has 0 saturated heterocycles. The van der Waals surface area contributed by atoms with Crippen LogP contribution in [0.1, 0.15) is 29.3 Å². The summed E-state index contributed by atoms with van der Waals surface area (Å²) in [6, 6.07) is 3.65. The van der Waals surface area contributed by atoms with Crippen molar-refractivity contribution in [3.8, 4) is 11.8 Å². The molecule has 0 unspecified atom stereocenters. The van der Waals surface area contributed by atoms with E-state index in [1.807, 2.05) is 0 Å². The lowest BCUT2D eigenvalue weighted by Crippen LogP contribution is -2.03. The highest BCUT2D eigenvalue weighted by Crippen LogP contribution is 2.12. The van der Waals surface area contributed by atoms with Crippen LogP contribution < -0.4 is 0 Å². The molecular formula is C13H11FO4. The third kappa shape index (κ3) is 3.59. The van der Waals surface area contributed by atoms with Crippen LogP contribution in [-0.4, -0.2) is 23.7 Å². The van der Waals surface area contributed by atoms with E-state index in [-0.39, 0.29) is 24.2 Å². The fraction of sp³-hybridized carbons (Fsp3) is 0.231. The van der Waals surface area contributed by atoms with Gasteiger partial charge in [0.25, 0.3) is 0 Å². The van der Waals surface area contributed by atoms with Gasteiger partial charge >= 0.3 is 11.9 Å². The molecule has 0 radical (unpaired) electrons. The predicted octanol–water partition coefficient (Wildman–Crippen LogP) is 1.83. The number of carboxylic acid groups (broad SMARTS) is 1. The van der Waals surface area contributed by atoms with E-state index >= 15 is 0 Å². The zero-order chi connectivity index (χ0) is 13.5. The standard InChI is InChI=1S/C13H11FO4/c1-2-18-12(15)8-4-5-9-10(13(16)17)6-3-7-11(9)14/h3,6-7H,2,8H2,1H3,(H,16,17). The molecule has 0 fully saturated rings. The van der Waals surface area contributed by atoms with Crippen LogP contribution in [0, 0.1) is 17.7 Å². The SMILES string of the molecule is CCOC(=O)CC#Cc1c(F)cccc1C(=O)O. The number of benzene rings is 1. The second-order valence-electron chi connectivity index (χ2n) is 3.25. The molecule has 1 aromatic carbocycles. The molecule has 0 aliphatic rings. The summed E-state index contributed by atoms with van der Waals surface area (Å²) in [7, 11) is 0. The second-order valence-corrected chi connectivity index (χ2v) is 3.25. The Morgan fingerprint density at radius 3 is 2.78 bits per heavy atom. The van der Waals surface area contributed by atoms with Crippen molar-refractivity contribution in [3.63, 3.8) is 0 Å². The van der Waals surface area contributed by atoms with Crippen molar-refractivity contribution in [2.45, 2.75) is 13.3 Å². The van der Waals surface area contributed by atoms with E-state index in [1.165, 1.54) is 12.1 Å². The lowest BCUT2D eigenvalue weighted by Gasteiger charge is -1.99. The van der Waals surface area contributed by atoms with E-state index in [2.05, 4.69) is 16.6 Å². The molecule has 5 heteroatoms. The minimum atomic E-state index is -1.27. The molecule has 0 aliphatic carbocycles. The summed E-state index contributed by atoms with van der Waals surface area (Å²) < 4.78 is 18.0. The van der Waals surface area contributed by atoms with Crippen LogP contribution in [0.25, 0.3) is 0 Å². The van der Waals surface area contributed by atoms with Gasteiger partial charge in [0.1, 0.15) is 12.2 Å². The van der Waals surface area contributed by atoms with Gasteiger partial charge in [0.15, 0.2) is 0 Å². The topological polar surface area (TPSA) is 63.6 Å². The molecular weight excluding hydrogens is 239 g/mol. The summed E-state index contributed by atoms with van der Waals surface area (Å²) in [6.45, 7) is 1.89. The summed E-state index contributed by atoms with van der Waals surface area (Å²) in [5.74, 6) is 2.21. The highest BCUT2D eigenvalue weighted by Gasteiger charge is 2.11. The van der Waals surface area contributed by atoms with Crippen LogP contribution in [-0.2, 0) is 9.53 Å². The Labute approximate surface area is 103 Å². The van der Waals surface area contributed by atoms with Gasteiger partial charge in [-0.1, -0.05) is 17.9 Å². The minimum Gasteiger partial charge on any atom is -0.478 e. The Hall–Kier alpha value is -2.35. The fourth-order valence-electron chi connectivity index (χ4n) is 1.25. The number of esters is 1. The number of carbonyl (C=O) groups is 2. The van der Waals surface area contributed by atoms with Gasteiger partial charge in [-0.2, -0.15) is 0 Å². The molecule has 0 amide bonds. The Morgan fingerprint density at radius 2 is 2.17 bits per heavy atom. The molecule has 0 saturated carbocycles. The molecule has 1 aromatic rings. The van der Waals surface area contributed by atoms with E-state index in [0.29, 0.717) is 0 Å². The van der Waals surface area contributed by atoms with E-state index in [4.69, 9.17) is 5.11 Å². The highest BCUT2D eigenvalue weighted by molar-refractivity contribution is 5.90. The monoisotopic (exact) mass is 250 g/mol. The zero-order valence-electron chi connectivity index (χ0n) is 9.70. The normalized spacial score (nSPS) is 9.22. The van der Waals surface area contributed by atoms with Gasteiger partial charge in [0, 0.05) is 0 Å². The molecule has 0 aliphatic heterocycles. The van der Waals surface area contributed by atoms with Gasteiger partial charge in [-0.15, -0.1) is 0 Å². The van der Waals surface area contributed by atoms with Crippen molar-refractivity contribution in [1.82, 2.24) is 0 Å². The summed E-state index contributed by atoms with van der Waals surface area (Å²) >= 11 is 0. The summed E-state index contributed by atoms with van der Waals surface area (Å²) in [4.78, 5) is 21.8. The number of hydrogen-bond donors (Lipinski definition) is 1. The third-order valence-electron chi connectivity index (χ3n) is 2.00. The summed E-state index contributed by atoms with van der Waals surface area (Å²) in [5.41, 5.74) is -0.458. The first-order valence-corrected chi connectivity index (χ1v) is 5.22. The first-order chi connectivity index (χ1) is 8.56. The molecule has 1 N–H and O–H groups in total. The maximum Gasteiger partial charge on any atom is 0.337 e. The predicted molar refractivity (Wildman–Crippen MR) is 61.5 cm³/mol. The molecule has 18 heavy (non-hydrogen) atoms. The van der Waals surface area contributed by atoms with Gasteiger partial charge in [0.05, 0.1) is 17.7 Å². The Morgan fingerprint density at radius 1 is 1.44 bits per heavy atom. The molecule has 94 valence electrons. The van der Waals surface area contributed by atoms with Gasteiger partial charge in [-0.05, 0) is 19.1 Å². The number of carboxylic acids is 1. The molecule has 0 heterocycles. The maximum absolute atomic E-state index is 13.4. The van der Waals surface area contributed by atoms with Crippen LogP contribution in [0.5, 0.6) is 0 Å². The quantitative estimate of drug-likeness (QED) is 0.656. The first kappa shape index (κ1) is 13.7.